The van der Waals surface area contributed by atoms with E-state index in [1.165, 1.54) is 0 Å². The van der Waals surface area contributed by atoms with Crippen LogP contribution >= 0.6 is 12.2 Å². The Morgan fingerprint density at radius 1 is 1.56 bits per heavy atom. The van der Waals surface area contributed by atoms with Crippen LogP contribution in [0.25, 0.3) is 0 Å². The maximum Gasteiger partial charge on any atom is 0.233 e. The highest BCUT2D eigenvalue weighted by atomic mass is 32.1. The maximum atomic E-state index is 12.0. The van der Waals surface area contributed by atoms with Crippen molar-refractivity contribution in [2.75, 3.05) is 6.54 Å². The van der Waals surface area contributed by atoms with E-state index in [4.69, 9.17) is 18.0 Å². The fourth-order valence-electron chi connectivity index (χ4n) is 2.15. The largest absolute Gasteiger partial charge is 0.392 e. The molecule has 0 radical (unpaired) electrons. The van der Waals surface area contributed by atoms with E-state index in [-0.39, 0.29) is 22.8 Å². The third kappa shape index (κ3) is 1.77. The molecule has 2 aliphatic rings. The second-order valence-corrected chi connectivity index (χ2v) is 4.92. The monoisotopic (exact) mass is 241 g/mol. The molecule has 2 amide bonds. The number of nitrogens with two attached hydrogens (primary N) is 1. The summed E-state index contributed by atoms with van der Waals surface area (Å²) in [7, 11) is 0. The third-order valence-corrected chi connectivity index (χ3v) is 3.82. The van der Waals surface area contributed by atoms with E-state index >= 15 is 0 Å². The van der Waals surface area contributed by atoms with Gasteiger partial charge in [0.1, 0.15) is 0 Å². The van der Waals surface area contributed by atoms with E-state index in [1.54, 1.807) is 0 Å². The number of hydrogen-bond acceptors (Lipinski definition) is 3. The predicted molar refractivity (Wildman–Crippen MR) is 62.6 cm³/mol. The zero-order valence-corrected chi connectivity index (χ0v) is 9.73. The molecule has 5 nitrogen and oxygen atoms in total. The molecule has 1 saturated carbocycles. The van der Waals surface area contributed by atoms with E-state index in [1.807, 2.05) is 0 Å². The normalized spacial score (nSPS) is 26.8. The fourth-order valence-corrected chi connectivity index (χ4v) is 2.44. The Balaban J connectivity index is 1.97. The highest BCUT2D eigenvalue weighted by Crippen LogP contribution is 2.41. The summed E-state index contributed by atoms with van der Waals surface area (Å²) in [5.74, 6) is -0.143. The number of carbonyl (C=O) groups is 2. The molecule has 2 fully saturated rings. The van der Waals surface area contributed by atoms with E-state index in [9.17, 15) is 9.59 Å². The zero-order chi connectivity index (χ0) is 11.8. The predicted octanol–water partition coefficient (Wildman–Crippen LogP) is -0.553. The lowest BCUT2D eigenvalue weighted by Crippen LogP contribution is -2.55. The van der Waals surface area contributed by atoms with Gasteiger partial charge in [-0.15, -0.1) is 0 Å². The standard InChI is InChI=1S/C10H15N3O2S/c11-8(16)10(2-1-3-10)9(15)13-6-4-7(14)12-5-6/h6H,1-5H2,(H2,11,16)(H,12,14)(H,13,15). The van der Waals surface area contributed by atoms with Crippen LogP contribution in [0, 0.1) is 5.41 Å². The Bertz CT molecular complexity index is 352. The van der Waals surface area contributed by atoms with Crippen LogP contribution in [-0.2, 0) is 9.59 Å². The van der Waals surface area contributed by atoms with Crippen molar-refractivity contribution in [3.05, 3.63) is 0 Å². The molecule has 0 aromatic carbocycles. The zero-order valence-electron chi connectivity index (χ0n) is 8.91. The van der Waals surface area contributed by atoms with Gasteiger partial charge in [-0.05, 0) is 12.8 Å². The first-order valence-electron chi connectivity index (χ1n) is 5.42. The van der Waals surface area contributed by atoms with Crippen molar-refractivity contribution in [3.63, 3.8) is 0 Å². The molecule has 0 spiro atoms. The molecule has 16 heavy (non-hydrogen) atoms. The van der Waals surface area contributed by atoms with E-state index in [0.29, 0.717) is 13.0 Å². The first-order valence-corrected chi connectivity index (χ1v) is 5.83. The van der Waals surface area contributed by atoms with Crippen molar-refractivity contribution in [2.45, 2.75) is 31.7 Å². The average Bonchev–Trinajstić information content (AvgIpc) is 2.47. The number of thiocarbonyl (C=S) groups is 1. The third-order valence-electron chi connectivity index (χ3n) is 3.43. The van der Waals surface area contributed by atoms with Gasteiger partial charge in [0.05, 0.1) is 16.4 Å². The van der Waals surface area contributed by atoms with Crippen LogP contribution in [0.4, 0.5) is 0 Å². The minimum absolute atomic E-state index is 0.0247. The lowest BCUT2D eigenvalue weighted by atomic mass is 9.68. The van der Waals surface area contributed by atoms with Gasteiger partial charge in [0.2, 0.25) is 11.8 Å². The first-order chi connectivity index (χ1) is 7.54. The van der Waals surface area contributed by atoms with Crippen LogP contribution in [-0.4, -0.2) is 29.4 Å². The molecule has 1 aliphatic heterocycles. The molecule has 1 saturated heterocycles. The van der Waals surface area contributed by atoms with Crippen LogP contribution in [0.15, 0.2) is 0 Å². The number of rotatable bonds is 3. The Hall–Kier alpha value is -1.17. The van der Waals surface area contributed by atoms with Crippen LogP contribution < -0.4 is 16.4 Å². The van der Waals surface area contributed by atoms with Gasteiger partial charge in [0, 0.05) is 13.0 Å². The number of hydrogen-bond donors (Lipinski definition) is 3. The SMILES string of the molecule is NC(=S)C1(C(=O)NC2CNC(=O)C2)CCC1. The summed E-state index contributed by atoms with van der Waals surface area (Å²) >= 11 is 4.96. The fraction of sp³-hybridized carbons (Fsp3) is 0.700. The van der Waals surface area contributed by atoms with Gasteiger partial charge in [-0.25, -0.2) is 0 Å². The molecule has 0 aromatic rings. The Morgan fingerprint density at radius 3 is 2.62 bits per heavy atom. The molecule has 1 heterocycles. The molecule has 1 atom stereocenters. The highest BCUT2D eigenvalue weighted by molar-refractivity contribution is 7.80. The van der Waals surface area contributed by atoms with Crippen molar-refractivity contribution in [1.82, 2.24) is 10.6 Å². The Kier molecular flexibility index (Phi) is 2.84. The molecule has 2 rings (SSSR count). The van der Waals surface area contributed by atoms with Crippen molar-refractivity contribution < 1.29 is 9.59 Å². The van der Waals surface area contributed by atoms with Gasteiger partial charge in [0.15, 0.2) is 0 Å². The molecule has 1 aliphatic carbocycles. The highest BCUT2D eigenvalue weighted by Gasteiger charge is 2.47. The molecule has 1 unspecified atom stereocenters. The second kappa shape index (κ2) is 4.01. The van der Waals surface area contributed by atoms with Crippen LogP contribution in [0.1, 0.15) is 25.7 Å². The number of nitrogens with one attached hydrogen (secondary N) is 2. The second-order valence-electron chi connectivity index (χ2n) is 4.48. The summed E-state index contributed by atoms with van der Waals surface area (Å²) in [5.41, 5.74) is 4.97. The summed E-state index contributed by atoms with van der Waals surface area (Å²) in [6, 6.07) is -0.119. The smallest absolute Gasteiger partial charge is 0.233 e. The van der Waals surface area contributed by atoms with Crippen molar-refractivity contribution in [3.8, 4) is 0 Å². The van der Waals surface area contributed by atoms with Crippen LogP contribution in [0.3, 0.4) is 0 Å². The van der Waals surface area contributed by atoms with Crippen LogP contribution in [0.5, 0.6) is 0 Å². The topological polar surface area (TPSA) is 84.2 Å². The summed E-state index contributed by atoms with van der Waals surface area (Å²) in [5, 5.41) is 5.52. The van der Waals surface area contributed by atoms with Crippen molar-refractivity contribution in [2.24, 2.45) is 11.1 Å². The molecule has 0 bridgehead atoms. The van der Waals surface area contributed by atoms with E-state index in [2.05, 4.69) is 10.6 Å². The lowest BCUT2D eigenvalue weighted by molar-refractivity contribution is -0.131. The minimum atomic E-state index is -0.652. The summed E-state index contributed by atoms with van der Waals surface area (Å²) in [6.07, 6.45) is 2.77. The molecular formula is C10H15N3O2S. The molecule has 6 heteroatoms. The molecular weight excluding hydrogens is 226 g/mol. The first kappa shape index (κ1) is 11.3. The van der Waals surface area contributed by atoms with Gasteiger partial charge >= 0.3 is 0 Å². The lowest BCUT2D eigenvalue weighted by Gasteiger charge is -2.39. The number of carbonyl (C=O) groups excluding carboxylic acids is 2. The quantitative estimate of drug-likeness (QED) is 0.579. The van der Waals surface area contributed by atoms with Crippen molar-refractivity contribution in [1.29, 1.82) is 0 Å². The summed E-state index contributed by atoms with van der Waals surface area (Å²) in [4.78, 5) is 23.3. The van der Waals surface area contributed by atoms with E-state index < -0.39 is 5.41 Å². The molecule has 4 N–H and O–H groups in total. The minimum Gasteiger partial charge on any atom is -0.392 e. The van der Waals surface area contributed by atoms with Gasteiger partial charge < -0.3 is 16.4 Å². The Labute approximate surface area is 99.1 Å². The molecule has 88 valence electrons. The van der Waals surface area contributed by atoms with Crippen molar-refractivity contribution >= 4 is 29.0 Å². The number of amides is 2. The van der Waals surface area contributed by atoms with Gasteiger partial charge in [0.25, 0.3) is 0 Å². The molecule has 0 aromatic heterocycles. The van der Waals surface area contributed by atoms with Gasteiger partial charge in [-0.1, -0.05) is 18.6 Å². The maximum absolute atomic E-state index is 12.0. The summed E-state index contributed by atoms with van der Waals surface area (Å²) in [6.45, 7) is 0.498. The van der Waals surface area contributed by atoms with Crippen LogP contribution in [0.2, 0.25) is 0 Å². The van der Waals surface area contributed by atoms with Gasteiger partial charge in [-0.3, -0.25) is 9.59 Å². The van der Waals surface area contributed by atoms with E-state index in [0.717, 1.165) is 19.3 Å². The average molecular weight is 241 g/mol. The van der Waals surface area contributed by atoms with Gasteiger partial charge in [-0.2, -0.15) is 0 Å². The summed E-state index contributed by atoms with van der Waals surface area (Å²) < 4.78 is 0. The Morgan fingerprint density at radius 2 is 2.25 bits per heavy atom.